The van der Waals surface area contributed by atoms with Crippen molar-refractivity contribution in [3.63, 3.8) is 0 Å². The number of fused-ring (bicyclic) bond motifs is 1. The Morgan fingerprint density at radius 1 is 1.41 bits per heavy atom. The fourth-order valence-corrected chi connectivity index (χ4v) is 1.91. The summed E-state index contributed by atoms with van der Waals surface area (Å²) < 4.78 is 7.27. The van der Waals surface area contributed by atoms with Crippen molar-refractivity contribution in [3.05, 3.63) is 17.0 Å². The van der Waals surface area contributed by atoms with Crippen LogP contribution in [0.25, 0.3) is 11.1 Å². The molecule has 0 fully saturated rings. The maximum atomic E-state index is 11.9. The first-order valence-corrected chi connectivity index (χ1v) is 5.65. The van der Waals surface area contributed by atoms with Gasteiger partial charge in [-0.15, -0.1) is 5.10 Å². The third-order valence-corrected chi connectivity index (χ3v) is 2.84. The molecule has 92 valence electrons. The van der Waals surface area contributed by atoms with Gasteiger partial charge in [0, 0.05) is 24.3 Å². The molecule has 1 N–H and O–H groups in total. The van der Waals surface area contributed by atoms with Crippen molar-refractivity contribution in [2.45, 2.75) is 33.7 Å². The molecule has 2 aromatic heterocycles. The Morgan fingerprint density at radius 2 is 2.06 bits per heavy atom. The van der Waals surface area contributed by atoms with E-state index in [1.807, 2.05) is 34.7 Å². The van der Waals surface area contributed by atoms with Crippen LogP contribution in [0.1, 0.15) is 35.7 Å². The predicted octanol–water partition coefficient (Wildman–Crippen LogP) is 1.92. The van der Waals surface area contributed by atoms with Crippen LogP contribution in [0.15, 0.2) is 4.42 Å². The van der Waals surface area contributed by atoms with Gasteiger partial charge in [0.05, 0.1) is 5.39 Å². The van der Waals surface area contributed by atoms with Crippen LogP contribution in [0.4, 0.5) is 0 Å². The molecule has 0 aromatic carbocycles. The molecular formula is C12H17N3O2. The Morgan fingerprint density at radius 3 is 2.59 bits per heavy atom. The normalized spacial score (nSPS) is 11.4. The summed E-state index contributed by atoms with van der Waals surface area (Å²) in [6.07, 6.45) is 0. The number of hydrogen-bond donors (Lipinski definition) is 1. The lowest BCUT2D eigenvalue weighted by Crippen LogP contribution is -2.30. The van der Waals surface area contributed by atoms with E-state index in [0.717, 1.165) is 16.6 Å². The largest absolute Gasteiger partial charge is 0.431 e. The molecule has 1 amide bonds. The van der Waals surface area contributed by atoms with Crippen molar-refractivity contribution in [1.29, 1.82) is 0 Å². The van der Waals surface area contributed by atoms with Crippen molar-refractivity contribution in [3.8, 4) is 0 Å². The zero-order valence-corrected chi connectivity index (χ0v) is 10.8. The maximum absolute atomic E-state index is 11.9. The second kappa shape index (κ2) is 3.91. The lowest BCUT2D eigenvalue weighted by Gasteiger charge is -2.06. The molecule has 0 saturated heterocycles. The molecule has 2 heterocycles. The summed E-state index contributed by atoms with van der Waals surface area (Å²) in [4.78, 5) is 11.9. The Labute approximate surface area is 99.8 Å². The highest BCUT2D eigenvalue weighted by Gasteiger charge is 2.21. The van der Waals surface area contributed by atoms with E-state index in [4.69, 9.17) is 4.42 Å². The first kappa shape index (κ1) is 11.7. The summed E-state index contributed by atoms with van der Waals surface area (Å²) in [7, 11) is 1.86. The number of aryl methyl sites for hydroxylation is 3. The summed E-state index contributed by atoms with van der Waals surface area (Å²) in [5, 5.41) is 7.98. The first-order valence-electron chi connectivity index (χ1n) is 5.65. The molecule has 5 heteroatoms. The number of carbonyl (C=O) groups excluding carboxylic acids is 1. The van der Waals surface area contributed by atoms with Gasteiger partial charge in [-0.1, -0.05) is 0 Å². The molecular weight excluding hydrogens is 218 g/mol. The number of carbonyl (C=O) groups is 1. The summed E-state index contributed by atoms with van der Waals surface area (Å²) in [6, 6.07) is 0.0894. The van der Waals surface area contributed by atoms with Gasteiger partial charge < -0.3 is 9.73 Å². The SMILES string of the molecule is Cc1c(C(=O)NC(C)C)oc2nn(C)c(C)c12. The fourth-order valence-electron chi connectivity index (χ4n) is 1.91. The molecule has 0 aliphatic heterocycles. The van der Waals surface area contributed by atoms with E-state index in [9.17, 15) is 4.79 Å². The lowest BCUT2D eigenvalue weighted by molar-refractivity contribution is 0.0916. The summed E-state index contributed by atoms with van der Waals surface area (Å²) in [5.74, 6) is 0.178. The van der Waals surface area contributed by atoms with Crippen LogP contribution in [0, 0.1) is 13.8 Å². The average Bonchev–Trinajstić information content (AvgIpc) is 2.66. The van der Waals surface area contributed by atoms with Gasteiger partial charge >= 0.3 is 0 Å². The number of hydrogen-bond acceptors (Lipinski definition) is 3. The van der Waals surface area contributed by atoms with Gasteiger partial charge in [0.2, 0.25) is 5.71 Å². The van der Waals surface area contributed by atoms with Crippen LogP contribution in [0.3, 0.4) is 0 Å². The van der Waals surface area contributed by atoms with Gasteiger partial charge in [-0.2, -0.15) is 0 Å². The number of amides is 1. The Balaban J connectivity index is 2.50. The molecule has 0 unspecified atom stereocenters. The van der Waals surface area contributed by atoms with Gasteiger partial charge in [0.1, 0.15) is 0 Å². The van der Waals surface area contributed by atoms with Crippen molar-refractivity contribution in [1.82, 2.24) is 15.1 Å². The van der Waals surface area contributed by atoms with Gasteiger partial charge in [0.25, 0.3) is 5.91 Å². The quantitative estimate of drug-likeness (QED) is 0.865. The highest BCUT2D eigenvalue weighted by atomic mass is 16.4. The second-order valence-electron chi connectivity index (χ2n) is 4.57. The lowest BCUT2D eigenvalue weighted by atomic mass is 10.1. The van der Waals surface area contributed by atoms with Crippen LogP contribution < -0.4 is 5.32 Å². The van der Waals surface area contributed by atoms with Crippen LogP contribution >= 0.6 is 0 Å². The molecule has 0 bridgehead atoms. The van der Waals surface area contributed by atoms with Crippen molar-refractivity contribution in [2.75, 3.05) is 0 Å². The number of rotatable bonds is 2. The smallest absolute Gasteiger partial charge is 0.287 e. The molecule has 0 aliphatic carbocycles. The minimum Gasteiger partial charge on any atom is -0.431 e. The minimum absolute atomic E-state index is 0.0894. The zero-order chi connectivity index (χ0) is 12.7. The van der Waals surface area contributed by atoms with Gasteiger partial charge in [-0.3, -0.25) is 9.48 Å². The highest BCUT2D eigenvalue weighted by Crippen LogP contribution is 2.27. The number of nitrogens with one attached hydrogen (secondary N) is 1. The maximum Gasteiger partial charge on any atom is 0.287 e. The third kappa shape index (κ3) is 1.81. The number of nitrogens with zero attached hydrogens (tertiary/aromatic N) is 2. The molecule has 2 rings (SSSR count). The van der Waals surface area contributed by atoms with E-state index >= 15 is 0 Å². The molecule has 0 atom stereocenters. The van der Waals surface area contributed by atoms with E-state index in [2.05, 4.69) is 10.4 Å². The number of aromatic nitrogens is 2. The molecule has 2 aromatic rings. The van der Waals surface area contributed by atoms with Gasteiger partial charge in [-0.05, 0) is 27.7 Å². The first-order chi connectivity index (χ1) is 7.91. The van der Waals surface area contributed by atoms with Gasteiger partial charge in [-0.25, -0.2) is 0 Å². The van der Waals surface area contributed by atoms with Crippen LogP contribution in [-0.4, -0.2) is 21.7 Å². The van der Waals surface area contributed by atoms with E-state index in [1.54, 1.807) is 4.68 Å². The van der Waals surface area contributed by atoms with Crippen LogP contribution in [0.2, 0.25) is 0 Å². The molecule has 5 nitrogen and oxygen atoms in total. The molecule has 0 spiro atoms. The van der Waals surface area contributed by atoms with Gasteiger partial charge in [0.15, 0.2) is 5.76 Å². The van der Waals surface area contributed by atoms with E-state index in [1.165, 1.54) is 0 Å². The van der Waals surface area contributed by atoms with Crippen molar-refractivity contribution >= 4 is 17.0 Å². The minimum atomic E-state index is -0.183. The second-order valence-corrected chi connectivity index (χ2v) is 4.57. The highest BCUT2D eigenvalue weighted by molar-refractivity contribution is 5.98. The predicted molar refractivity (Wildman–Crippen MR) is 65.1 cm³/mol. The summed E-state index contributed by atoms with van der Waals surface area (Å²) >= 11 is 0. The van der Waals surface area contributed by atoms with E-state index < -0.39 is 0 Å². The summed E-state index contributed by atoms with van der Waals surface area (Å²) in [6.45, 7) is 7.68. The monoisotopic (exact) mass is 235 g/mol. The summed E-state index contributed by atoms with van der Waals surface area (Å²) in [5.41, 5.74) is 2.38. The molecule has 17 heavy (non-hydrogen) atoms. The topological polar surface area (TPSA) is 60.1 Å². The Bertz CT molecular complexity index is 578. The Kier molecular flexibility index (Phi) is 2.69. The van der Waals surface area contributed by atoms with E-state index in [-0.39, 0.29) is 11.9 Å². The average molecular weight is 235 g/mol. The third-order valence-electron chi connectivity index (χ3n) is 2.84. The van der Waals surface area contributed by atoms with Crippen molar-refractivity contribution < 1.29 is 9.21 Å². The van der Waals surface area contributed by atoms with Crippen molar-refractivity contribution in [2.24, 2.45) is 7.05 Å². The molecule has 0 saturated carbocycles. The fraction of sp³-hybridized carbons (Fsp3) is 0.500. The van der Waals surface area contributed by atoms with Crippen LogP contribution in [-0.2, 0) is 7.05 Å². The van der Waals surface area contributed by atoms with E-state index in [0.29, 0.717) is 11.5 Å². The number of furan rings is 1. The zero-order valence-electron chi connectivity index (χ0n) is 10.8. The van der Waals surface area contributed by atoms with Crippen LogP contribution in [0.5, 0.6) is 0 Å². The molecule has 0 aliphatic rings. The molecule has 0 radical (unpaired) electrons. The Hall–Kier alpha value is -1.78. The standard InChI is InChI=1S/C12H17N3O2/c1-6(2)13-11(16)10-7(3)9-8(4)15(5)14-12(9)17-10/h6H,1-5H3,(H,13,16).